The largest absolute Gasteiger partial charge is 0.493 e. The lowest BCUT2D eigenvalue weighted by molar-refractivity contribution is 0.451. The summed E-state index contributed by atoms with van der Waals surface area (Å²) in [6, 6.07) is 9.04. The van der Waals surface area contributed by atoms with Gasteiger partial charge in [-0.2, -0.15) is 4.98 Å². The Hall–Kier alpha value is -1.75. The third-order valence-electron chi connectivity index (χ3n) is 2.65. The number of H-pyrrole nitrogens is 1. The van der Waals surface area contributed by atoms with E-state index in [-0.39, 0.29) is 21.7 Å². The number of nitrogens with one attached hydrogen (secondary N) is 1. The standard InChI is InChI=1S/C15H18N2O2S/c1-15(2,3)20-9-11-16-13(18)12(14(19)17-11)10-7-5-4-6-8-10/h4-8H,9H2,1-3H3,(H2,16,17,18,19). The van der Waals surface area contributed by atoms with Gasteiger partial charge in [0.2, 0.25) is 5.88 Å². The molecular weight excluding hydrogens is 272 g/mol. The SMILES string of the molecule is CC(C)(C)SCc1nc(O)c(-c2ccccc2)c(=O)[nH]1. The highest BCUT2D eigenvalue weighted by Crippen LogP contribution is 2.27. The van der Waals surface area contributed by atoms with Crippen molar-refractivity contribution < 1.29 is 5.11 Å². The number of thioether (sulfide) groups is 1. The Morgan fingerprint density at radius 1 is 1.25 bits per heavy atom. The normalized spacial score (nSPS) is 11.6. The topological polar surface area (TPSA) is 66.0 Å². The third-order valence-corrected chi connectivity index (χ3v) is 3.94. The Morgan fingerprint density at radius 2 is 1.90 bits per heavy atom. The van der Waals surface area contributed by atoms with Gasteiger partial charge in [-0.05, 0) is 5.56 Å². The van der Waals surface area contributed by atoms with Gasteiger partial charge in [0, 0.05) is 4.75 Å². The predicted octanol–water partition coefficient (Wildman–Crippen LogP) is 3.17. The van der Waals surface area contributed by atoms with Crippen LogP contribution in [0.3, 0.4) is 0 Å². The minimum Gasteiger partial charge on any atom is -0.493 e. The van der Waals surface area contributed by atoms with Gasteiger partial charge in [-0.15, -0.1) is 11.8 Å². The van der Waals surface area contributed by atoms with Crippen molar-refractivity contribution in [2.45, 2.75) is 31.3 Å². The van der Waals surface area contributed by atoms with Crippen LogP contribution in [-0.2, 0) is 5.75 Å². The molecule has 4 nitrogen and oxygen atoms in total. The Bertz CT molecular complexity index is 645. The summed E-state index contributed by atoms with van der Waals surface area (Å²) in [5, 5.41) is 10.0. The summed E-state index contributed by atoms with van der Waals surface area (Å²) in [7, 11) is 0. The molecular formula is C15H18N2O2S. The molecule has 0 bridgehead atoms. The number of aromatic hydroxyl groups is 1. The molecule has 0 atom stereocenters. The summed E-state index contributed by atoms with van der Waals surface area (Å²) in [5.41, 5.74) is 0.567. The Labute approximate surface area is 122 Å². The van der Waals surface area contributed by atoms with Crippen LogP contribution < -0.4 is 5.56 Å². The molecule has 0 aliphatic heterocycles. The maximum absolute atomic E-state index is 12.1. The minimum atomic E-state index is -0.312. The van der Waals surface area contributed by atoms with Crippen molar-refractivity contribution in [1.82, 2.24) is 9.97 Å². The molecule has 0 spiro atoms. The second kappa shape index (κ2) is 5.71. The van der Waals surface area contributed by atoms with Gasteiger partial charge in [-0.3, -0.25) is 4.79 Å². The number of benzene rings is 1. The molecule has 2 rings (SSSR count). The van der Waals surface area contributed by atoms with Gasteiger partial charge in [0.15, 0.2) is 0 Å². The highest BCUT2D eigenvalue weighted by molar-refractivity contribution is 7.99. The fraction of sp³-hybridized carbons (Fsp3) is 0.333. The lowest BCUT2D eigenvalue weighted by atomic mass is 10.1. The minimum absolute atomic E-state index is 0.0757. The maximum atomic E-state index is 12.1. The van der Waals surface area contributed by atoms with Crippen LogP contribution in [0, 0.1) is 0 Å². The van der Waals surface area contributed by atoms with E-state index in [2.05, 4.69) is 30.7 Å². The molecule has 0 aliphatic rings. The van der Waals surface area contributed by atoms with Gasteiger partial charge in [0.1, 0.15) is 11.4 Å². The molecule has 1 aromatic heterocycles. The number of rotatable bonds is 3. The van der Waals surface area contributed by atoms with Crippen molar-refractivity contribution >= 4 is 11.8 Å². The second-order valence-electron chi connectivity index (χ2n) is 5.48. The summed E-state index contributed by atoms with van der Waals surface area (Å²) in [4.78, 5) is 19.0. The first-order valence-corrected chi connectivity index (χ1v) is 7.37. The molecule has 1 heterocycles. The molecule has 2 aromatic rings. The van der Waals surface area contributed by atoms with Crippen LogP contribution in [-0.4, -0.2) is 19.8 Å². The van der Waals surface area contributed by atoms with Gasteiger partial charge < -0.3 is 10.1 Å². The summed E-state index contributed by atoms with van der Waals surface area (Å²) < 4.78 is 0.0757. The molecule has 0 saturated carbocycles. The van der Waals surface area contributed by atoms with Crippen molar-refractivity contribution in [3.8, 4) is 17.0 Å². The van der Waals surface area contributed by atoms with E-state index in [1.54, 1.807) is 23.9 Å². The van der Waals surface area contributed by atoms with E-state index in [1.807, 2.05) is 18.2 Å². The van der Waals surface area contributed by atoms with E-state index in [4.69, 9.17) is 0 Å². The molecule has 0 unspecified atom stereocenters. The first kappa shape index (κ1) is 14.7. The Balaban J connectivity index is 2.33. The number of hydrogen-bond donors (Lipinski definition) is 2. The van der Waals surface area contributed by atoms with E-state index in [9.17, 15) is 9.90 Å². The second-order valence-corrected chi connectivity index (χ2v) is 7.28. The highest BCUT2D eigenvalue weighted by Gasteiger charge is 2.15. The smallest absolute Gasteiger partial charge is 0.262 e. The van der Waals surface area contributed by atoms with Gasteiger partial charge in [-0.1, -0.05) is 51.1 Å². The number of aromatic amines is 1. The highest BCUT2D eigenvalue weighted by atomic mass is 32.2. The summed E-state index contributed by atoms with van der Waals surface area (Å²) in [6.45, 7) is 6.27. The van der Waals surface area contributed by atoms with Crippen LogP contribution in [0.1, 0.15) is 26.6 Å². The summed E-state index contributed by atoms with van der Waals surface area (Å²) in [5.74, 6) is 0.832. The van der Waals surface area contributed by atoms with E-state index in [0.717, 1.165) is 0 Å². The van der Waals surface area contributed by atoms with E-state index < -0.39 is 0 Å². The fourth-order valence-corrected chi connectivity index (χ4v) is 2.43. The van der Waals surface area contributed by atoms with Crippen LogP contribution in [0.5, 0.6) is 5.88 Å². The van der Waals surface area contributed by atoms with Crippen LogP contribution in [0.15, 0.2) is 35.1 Å². The first-order chi connectivity index (χ1) is 9.37. The van der Waals surface area contributed by atoms with Gasteiger partial charge in [0.25, 0.3) is 5.56 Å². The zero-order chi connectivity index (χ0) is 14.8. The number of aromatic nitrogens is 2. The average molecular weight is 290 g/mol. The quantitative estimate of drug-likeness (QED) is 0.911. The van der Waals surface area contributed by atoms with Crippen LogP contribution >= 0.6 is 11.8 Å². The van der Waals surface area contributed by atoms with Crippen molar-refractivity contribution in [2.75, 3.05) is 0 Å². The molecule has 2 N–H and O–H groups in total. The first-order valence-electron chi connectivity index (χ1n) is 6.38. The fourth-order valence-electron chi connectivity index (χ4n) is 1.73. The lowest BCUT2D eigenvalue weighted by Crippen LogP contribution is -2.15. The number of hydrogen-bond acceptors (Lipinski definition) is 4. The Kier molecular flexibility index (Phi) is 4.18. The van der Waals surface area contributed by atoms with E-state index in [1.165, 1.54) is 0 Å². The van der Waals surface area contributed by atoms with Gasteiger partial charge >= 0.3 is 0 Å². The average Bonchev–Trinajstić information content (AvgIpc) is 2.36. The summed E-state index contributed by atoms with van der Waals surface area (Å²) in [6.07, 6.45) is 0. The molecule has 0 saturated heterocycles. The molecule has 106 valence electrons. The van der Waals surface area contributed by atoms with Crippen LogP contribution in [0.2, 0.25) is 0 Å². The molecule has 5 heteroatoms. The van der Waals surface area contributed by atoms with Crippen molar-refractivity contribution in [3.63, 3.8) is 0 Å². The van der Waals surface area contributed by atoms with Gasteiger partial charge in [-0.25, -0.2) is 0 Å². The zero-order valence-corrected chi connectivity index (χ0v) is 12.6. The van der Waals surface area contributed by atoms with E-state index >= 15 is 0 Å². The molecule has 0 fully saturated rings. The predicted molar refractivity (Wildman–Crippen MR) is 83.0 cm³/mol. The van der Waals surface area contributed by atoms with Crippen molar-refractivity contribution in [2.24, 2.45) is 0 Å². The van der Waals surface area contributed by atoms with Crippen LogP contribution in [0.25, 0.3) is 11.1 Å². The maximum Gasteiger partial charge on any atom is 0.262 e. The molecule has 0 amide bonds. The molecule has 20 heavy (non-hydrogen) atoms. The van der Waals surface area contributed by atoms with Crippen molar-refractivity contribution in [1.29, 1.82) is 0 Å². The third kappa shape index (κ3) is 3.63. The van der Waals surface area contributed by atoms with Gasteiger partial charge in [0.05, 0.1) is 5.75 Å². The molecule has 1 aromatic carbocycles. The zero-order valence-electron chi connectivity index (χ0n) is 11.8. The Morgan fingerprint density at radius 3 is 2.45 bits per heavy atom. The number of nitrogens with zero attached hydrogens (tertiary/aromatic N) is 1. The summed E-state index contributed by atoms with van der Waals surface area (Å²) >= 11 is 1.66. The van der Waals surface area contributed by atoms with Crippen LogP contribution in [0.4, 0.5) is 0 Å². The monoisotopic (exact) mass is 290 g/mol. The van der Waals surface area contributed by atoms with Crippen molar-refractivity contribution in [3.05, 3.63) is 46.5 Å². The molecule has 0 aliphatic carbocycles. The lowest BCUT2D eigenvalue weighted by Gasteiger charge is -2.17. The van der Waals surface area contributed by atoms with E-state index in [0.29, 0.717) is 17.1 Å². The molecule has 0 radical (unpaired) electrons.